The molecule has 0 fully saturated rings. The molecule has 0 bridgehead atoms. The van der Waals surface area contributed by atoms with Crippen molar-refractivity contribution in [3.05, 3.63) is 88.7 Å². The molecule has 0 spiro atoms. The van der Waals surface area contributed by atoms with Crippen LogP contribution in [0, 0.1) is 0 Å². The van der Waals surface area contributed by atoms with Crippen LogP contribution in [0.5, 0.6) is 0 Å². The van der Waals surface area contributed by atoms with Gasteiger partial charge in [0.1, 0.15) is 0 Å². The highest BCUT2D eigenvalue weighted by molar-refractivity contribution is 6.30. The van der Waals surface area contributed by atoms with Crippen LogP contribution in [-0.4, -0.2) is 15.8 Å². The lowest BCUT2D eigenvalue weighted by molar-refractivity contribution is 0.237. The molecule has 26 heavy (non-hydrogen) atoms. The molecule has 1 aromatic heterocycles. The van der Waals surface area contributed by atoms with Crippen molar-refractivity contribution in [3.8, 4) is 0 Å². The van der Waals surface area contributed by atoms with Crippen molar-refractivity contribution >= 4 is 17.6 Å². The molecule has 1 atom stereocenters. The van der Waals surface area contributed by atoms with Gasteiger partial charge >= 0.3 is 6.03 Å². The molecule has 1 heterocycles. The zero-order valence-electron chi connectivity index (χ0n) is 14.5. The van der Waals surface area contributed by atoms with E-state index in [4.69, 9.17) is 11.6 Å². The highest BCUT2D eigenvalue weighted by Crippen LogP contribution is 2.16. The normalized spacial score (nSPS) is 11.8. The topological polar surface area (TPSA) is 59.0 Å². The summed E-state index contributed by atoms with van der Waals surface area (Å²) in [6, 6.07) is 17.1. The standard InChI is InChI=1S/C20H21ClN4O/c1-15(16-7-9-19(21)10-8-16)24-20(26)22-13-17-5-2-3-6-18(17)14-25-12-4-11-23-25/h2-12,15H,13-14H2,1H3,(H2,22,24,26). The molecule has 1 unspecified atom stereocenters. The summed E-state index contributed by atoms with van der Waals surface area (Å²) in [6.07, 6.45) is 3.68. The maximum atomic E-state index is 12.2. The average Bonchev–Trinajstić information content (AvgIpc) is 3.14. The van der Waals surface area contributed by atoms with Crippen LogP contribution in [0.4, 0.5) is 4.79 Å². The van der Waals surface area contributed by atoms with E-state index in [1.807, 2.05) is 72.4 Å². The van der Waals surface area contributed by atoms with Crippen LogP contribution >= 0.6 is 11.6 Å². The highest BCUT2D eigenvalue weighted by atomic mass is 35.5. The molecular formula is C20H21ClN4O. The lowest BCUT2D eigenvalue weighted by atomic mass is 10.1. The number of carbonyl (C=O) groups excluding carboxylic acids is 1. The number of rotatable bonds is 6. The van der Waals surface area contributed by atoms with Crippen molar-refractivity contribution in [1.29, 1.82) is 0 Å². The van der Waals surface area contributed by atoms with E-state index in [0.717, 1.165) is 16.7 Å². The number of hydrogen-bond donors (Lipinski definition) is 2. The predicted molar refractivity (Wildman–Crippen MR) is 103 cm³/mol. The molecule has 2 amide bonds. The summed E-state index contributed by atoms with van der Waals surface area (Å²) in [4.78, 5) is 12.2. The maximum Gasteiger partial charge on any atom is 0.315 e. The molecule has 0 aliphatic heterocycles. The van der Waals surface area contributed by atoms with Crippen LogP contribution in [0.1, 0.15) is 29.7 Å². The van der Waals surface area contributed by atoms with Gasteiger partial charge in [0.05, 0.1) is 12.6 Å². The summed E-state index contributed by atoms with van der Waals surface area (Å²) in [5.41, 5.74) is 3.20. The minimum atomic E-state index is -0.207. The fourth-order valence-electron chi connectivity index (χ4n) is 2.71. The van der Waals surface area contributed by atoms with Crippen LogP contribution in [0.15, 0.2) is 67.0 Å². The number of benzene rings is 2. The van der Waals surface area contributed by atoms with Gasteiger partial charge in [-0.2, -0.15) is 5.10 Å². The van der Waals surface area contributed by atoms with Crippen molar-refractivity contribution in [2.45, 2.75) is 26.1 Å². The van der Waals surface area contributed by atoms with Gasteiger partial charge in [0.2, 0.25) is 0 Å². The summed E-state index contributed by atoms with van der Waals surface area (Å²) in [7, 11) is 0. The van der Waals surface area contributed by atoms with E-state index in [-0.39, 0.29) is 12.1 Å². The van der Waals surface area contributed by atoms with Gasteiger partial charge in [-0.25, -0.2) is 4.79 Å². The zero-order valence-corrected chi connectivity index (χ0v) is 15.3. The Morgan fingerprint density at radius 3 is 2.54 bits per heavy atom. The van der Waals surface area contributed by atoms with E-state index < -0.39 is 0 Å². The first-order valence-electron chi connectivity index (χ1n) is 8.46. The largest absolute Gasteiger partial charge is 0.334 e. The van der Waals surface area contributed by atoms with E-state index in [9.17, 15) is 4.79 Å². The van der Waals surface area contributed by atoms with Crippen molar-refractivity contribution in [2.24, 2.45) is 0 Å². The molecule has 6 heteroatoms. The first-order valence-corrected chi connectivity index (χ1v) is 8.83. The van der Waals surface area contributed by atoms with Crippen molar-refractivity contribution in [3.63, 3.8) is 0 Å². The lowest BCUT2D eigenvalue weighted by Gasteiger charge is -2.16. The summed E-state index contributed by atoms with van der Waals surface area (Å²) in [6.45, 7) is 3.07. The molecular weight excluding hydrogens is 348 g/mol. The molecule has 2 N–H and O–H groups in total. The van der Waals surface area contributed by atoms with E-state index in [2.05, 4.69) is 15.7 Å². The Labute approximate surface area is 158 Å². The smallest absolute Gasteiger partial charge is 0.315 e. The molecule has 0 saturated carbocycles. The molecule has 0 saturated heterocycles. The fraction of sp³-hybridized carbons (Fsp3) is 0.200. The number of halogens is 1. The molecule has 0 aliphatic carbocycles. The third-order valence-corrected chi connectivity index (χ3v) is 4.42. The van der Waals surface area contributed by atoms with Gasteiger partial charge in [0, 0.05) is 24.0 Å². The van der Waals surface area contributed by atoms with E-state index in [1.54, 1.807) is 6.20 Å². The van der Waals surface area contributed by atoms with Crippen LogP contribution in [0.25, 0.3) is 0 Å². The predicted octanol–water partition coefficient (Wildman–Crippen LogP) is 4.15. The van der Waals surface area contributed by atoms with E-state index >= 15 is 0 Å². The molecule has 3 aromatic rings. The van der Waals surface area contributed by atoms with Crippen LogP contribution in [-0.2, 0) is 13.1 Å². The maximum absolute atomic E-state index is 12.2. The molecule has 5 nitrogen and oxygen atoms in total. The fourth-order valence-corrected chi connectivity index (χ4v) is 2.84. The van der Waals surface area contributed by atoms with Crippen LogP contribution in [0.3, 0.4) is 0 Å². The summed E-state index contributed by atoms with van der Waals surface area (Å²) in [5, 5.41) is 10.8. The molecule has 3 rings (SSSR count). The Balaban J connectivity index is 1.57. The first kappa shape index (κ1) is 18.0. The quantitative estimate of drug-likeness (QED) is 0.686. The van der Waals surface area contributed by atoms with Gasteiger partial charge in [0.25, 0.3) is 0 Å². The number of amides is 2. The number of nitrogens with zero attached hydrogens (tertiary/aromatic N) is 2. The molecule has 0 aliphatic rings. The van der Waals surface area contributed by atoms with Gasteiger partial charge in [-0.15, -0.1) is 0 Å². The van der Waals surface area contributed by atoms with Gasteiger partial charge in [-0.3, -0.25) is 4.68 Å². The Kier molecular flexibility index (Phi) is 5.92. The van der Waals surface area contributed by atoms with Crippen molar-refractivity contribution in [2.75, 3.05) is 0 Å². The van der Waals surface area contributed by atoms with Gasteiger partial charge in [-0.1, -0.05) is 48.0 Å². The molecule has 134 valence electrons. The van der Waals surface area contributed by atoms with Gasteiger partial charge in [0.15, 0.2) is 0 Å². The lowest BCUT2D eigenvalue weighted by Crippen LogP contribution is -2.36. The second-order valence-corrected chi connectivity index (χ2v) is 6.51. The van der Waals surface area contributed by atoms with Crippen molar-refractivity contribution in [1.82, 2.24) is 20.4 Å². The van der Waals surface area contributed by atoms with Crippen LogP contribution in [0.2, 0.25) is 5.02 Å². The Morgan fingerprint density at radius 1 is 1.12 bits per heavy atom. The second-order valence-electron chi connectivity index (χ2n) is 6.07. The number of urea groups is 1. The summed E-state index contributed by atoms with van der Waals surface area (Å²) >= 11 is 5.90. The number of hydrogen-bond acceptors (Lipinski definition) is 2. The Hall–Kier alpha value is -2.79. The van der Waals surface area contributed by atoms with Gasteiger partial charge in [-0.05, 0) is 41.8 Å². The van der Waals surface area contributed by atoms with E-state index in [0.29, 0.717) is 18.1 Å². The molecule has 0 radical (unpaired) electrons. The minimum absolute atomic E-state index is 0.105. The summed E-state index contributed by atoms with van der Waals surface area (Å²) in [5.74, 6) is 0. The third-order valence-electron chi connectivity index (χ3n) is 4.17. The SMILES string of the molecule is CC(NC(=O)NCc1ccccc1Cn1cccn1)c1ccc(Cl)cc1. The minimum Gasteiger partial charge on any atom is -0.334 e. The highest BCUT2D eigenvalue weighted by Gasteiger charge is 2.10. The van der Waals surface area contributed by atoms with Gasteiger partial charge < -0.3 is 10.6 Å². The summed E-state index contributed by atoms with van der Waals surface area (Å²) < 4.78 is 1.86. The zero-order chi connectivity index (χ0) is 18.4. The van der Waals surface area contributed by atoms with E-state index in [1.165, 1.54) is 0 Å². The molecule has 2 aromatic carbocycles. The van der Waals surface area contributed by atoms with Crippen LogP contribution < -0.4 is 10.6 Å². The second kappa shape index (κ2) is 8.54. The average molecular weight is 369 g/mol. The number of nitrogens with one attached hydrogen (secondary N) is 2. The van der Waals surface area contributed by atoms with Crippen molar-refractivity contribution < 1.29 is 4.79 Å². The Bertz CT molecular complexity index is 847. The number of aromatic nitrogens is 2. The Morgan fingerprint density at radius 2 is 1.85 bits per heavy atom. The monoisotopic (exact) mass is 368 g/mol. The first-order chi connectivity index (χ1) is 12.6. The number of carbonyl (C=O) groups is 1. The third kappa shape index (κ3) is 4.86.